The first-order valence-corrected chi connectivity index (χ1v) is 8.93. The van der Waals surface area contributed by atoms with E-state index in [0.717, 1.165) is 14.2 Å². The summed E-state index contributed by atoms with van der Waals surface area (Å²) in [4.78, 5) is 41.7. The Morgan fingerprint density at radius 2 is 1.80 bits per heavy atom. The number of benzene rings is 1. The molecule has 9 heteroatoms. The predicted molar refractivity (Wildman–Crippen MR) is 110 cm³/mol. The minimum atomic E-state index is -1.64. The SMILES string of the molecule is COC(=O)C(=C=NC(C)(C)C)C(C(=O)OC)N(N=Cc1ccccc1)C(=O)CC#N. The van der Waals surface area contributed by atoms with Crippen molar-refractivity contribution in [1.82, 2.24) is 5.01 Å². The largest absolute Gasteiger partial charge is 0.467 e. The summed E-state index contributed by atoms with van der Waals surface area (Å²) in [5, 5.41) is 13.7. The molecule has 1 amide bonds. The zero-order chi connectivity index (χ0) is 22.7. The highest BCUT2D eigenvalue weighted by atomic mass is 16.5. The van der Waals surface area contributed by atoms with Gasteiger partial charge >= 0.3 is 11.9 Å². The molecule has 0 aliphatic rings. The lowest BCUT2D eigenvalue weighted by Gasteiger charge is -2.24. The highest BCUT2D eigenvalue weighted by Gasteiger charge is 2.38. The van der Waals surface area contributed by atoms with E-state index in [9.17, 15) is 14.4 Å². The van der Waals surface area contributed by atoms with Gasteiger partial charge in [-0.25, -0.2) is 19.6 Å². The Labute approximate surface area is 175 Å². The maximum absolute atomic E-state index is 12.6. The molecule has 0 aromatic heterocycles. The van der Waals surface area contributed by atoms with Crippen molar-refractivity contribution in [1.29, 1.82) is 5.26 Å². The maximum atomic E-state index is 12.6. The van der Waals surface area contributed by atoms with Crippen molar-refractivity contribution in [3.63, 3.8) is 0 Å². The van der Waals surface area contributed by atoms with E-state index in [1.54, 1.807) is 57.2 Å². The summed E-state index contributed by atoms with van der Waals surface area (Å²) in [6.45, 7) is 5.27. The van der Waals surface area contributed by atoms with E-state index in [4.69, 9.17) is 14.7 Å². The van der Waals surface area contributed by atoms with Gasteiger partial charge in [-0.15, -0.1) is 0 Å². The molecule has 0 aliphatic carbocycles. The van der Waals surface area contributed by atoms with E-state index in [0.29, 0.717) is 10.6 Å². The Kier molecular flexibility index (Phi) is 9.14. The normalized spacial score (nSPS) is 11.6. The van der Waals surface area contributed by atoms with Crippen LogP contribution in [0.2, 0.25) is 0 Å². The highest BCUT2D eigenvalue weighted by molar-refractivity contribution is 6.06. The summed E-state index contributed by atoms with van der Waals surface area (Å²) in [7, 11) is 2.21. The first-order valence-electron chi connectivity index (χ1n) is 8.93. The lowest BCUT2D eigenvalue weighted by atomic mass is 10.1. The number of aliphatic imine (C=N–C) groups is 1. The number of esters is 2. The number of nitrogens with zero attached hydrogens (tertiary/aromatic N) is 4. The average molecular weight is 412 g/mol. The van der Waals surface area contributed by atoms with Crippen LogP contribution in [0.1, 0.15) is 32.8 Å². The summed E-state index contributed by atoms with van der Waals surface area (Å²) in [6.07, 6.45) is 0.742. The minimum Gasteiger partial charge on any atom is -0.467 e. The van der Waals surface area contributed by atoms with E-state index in [2.05, 4.69) is 16.0 Å². The molecule has 0 radical (unpaired) electrons. The molecule has 0 saturated heterocycles. The van der Waals surface area contributed by atoms with Gasteiger partial charge in [0.05, 0.1) is 32.0 Å². The van der Waals surface area contributed by atoms with E-state index >= 15 is 0 Å². The van der Waals surface area contributed by atoms with Gasteiger partial charge in [0.15, 0.2) is 6.04 Å². The zero-order valence-corrected chi connectivity index (χ0v) is 17.6. The lowest BCUT2D eigenvalue weighted by molar-refractivity contribution is -0.153. The quantitative estimate of drug-likeness (QED) is 0.292. The number of amides is 1. The van der Waals surface area contributed by atoms with Crippen LogP contribution in [-0.4, -0.2) is 60.7 Å². The molecular formula is C21H24N4O5. The third-order valence-corrected chi connectivity index (χ3v) is 3.48. The molecule has 0 aliphatic heterocycles. The molecule has 9 nitrogen and oxygen atoms in total. The Bertz CT molecular complexity index is 904. The van der Waals surface area contributed by atoms with Crippen LogP contribution in [-0.2, 0) is 23.9 Å². The van der Waals surface area contributed by atoms with E-state index < -0.39 is 35.8 Å². The zero-order valence-electron chi connectivity index (χ0n) is 17.6. The predicted octanol–water partition coefficient (Wildman–Crippen LogP) is 1.87. The molecule has 1 aromatic carbocycles. The topological polar surface area (TPSA) is 121 Å². The van der Waals surface area contributed by atoms with Gasteiger partial charge in [-0.05, 0) is 32.2 Å². The van der Waals surface area contributed by atoms with Crippen LogP contribution in [0, 0.1) is 11.3 Å². The van der Waals surface area contributed by atoms with Gasteiger partial charge in [0.25, 0.3) is 5.91 Å². The van der Waals surface area contributed by atoms with Crippen molar-refractivity contribution in [2.75, 3.05) is 14.2 Å². The van der Waals surface area contributed by atoms with Crippen LogP contribution in [0.5, 0.6) is 0 Å². The maximum Gasteiger partial charge on any atom is 0.346 e. The van der Waals surface area contributed by atoms with Crippen molar-refractivity contribution in [3.8, 4) is 6.07 Å². The number of nitriles is 1. The van der Waals surface area contributed by atoms with Crippen LogP contribution in [0.4, 0.5) is 0 Å². The van der Waals surface area contributed by atoms with Crippen molar-refractivity contribution in [2.24, 2.45) is 10.1 Å². The van der Waals surface area contributed by atoms with Crippen LogP contribution >= 0.6 is 0 Å². The smallest absolute Gasteiger partial charge is 0.346 e. The lowest BCUT2D eigenvalue weighted by Crippen LogP contribution is -2.46. The molecule has 1 unspecified atom stereocenters. The Balaban J connectivity index is 3.65. The van der Waals surface area contributed by atoms with Crippen molar-refractivity contribution < 1.29 is 23.9 Å². The fourth-order valence-corrected chi connectivity index (χ4v) is 2.10. The Hall–Kier alpha value is -3.76. The summed E-state index contributed by atoms with van der Waals surface area (Å²) in [5.41, 5.74) is -0.382. The van der Waals surface area contributed by atoms with Gasteiger partial charge in [0, 0.05) is 0 Å². The van der Waals surface area contributed by atoms with Gasteiger partial charge < -0.3 is 9.47 Å². The standard InChI is InChI=1S/C21H24N4O5/c1-21(2,3)23-14-16(19(27)29-4)18(20(28)30-5)25(17(26)11-12-22)24-13-15-9-7-6-8-10-15/h6-10,13,18H,11H2,1-5H3. The molecule has 0 heterocycles. The van der Waals surface area contributed by atoms with Crippen LogP contribution < -0.4 is 0 Å². The summed E-state index contributed by atoms with van der Waals surface area (Å²) in [5.74, 6) is -0.214. The fourth-order valence-electron chi connectivity index (χ4n) is 2.10. The molecule has 0 N–H and O–H groups in total. The van der Waals surface area contributed by atoms with Gasteiger partial charge in [-0.2, -0.15) is 10.4 Å². The van der Waals surface area contributed by atoms with Crippen molar-refractivity contribution >= 4 is 29.9 Å². The van der Waals surface area contributed by atoms with Crippen molar-refractivity contribution in [2.45, 2.75) is 38.8 Å². The molecule has 0 bridgehead atoms. The third-order valence-electron chi connectivity index (χ3n) is 3.48. The van der Waals surface area contributed by atoms with Crippen molar-refractivity contribution in [3.05, 3.63) is 41.5 Å². The molecule has 0 spiro atoms. The van der Waals surface area contributed by atoms with Gasteiger partial charge in [0.2, 0.25) is 0 Å². The molecule has 1 atom stereocenters. The molecule has 1 aromatic rings. The second-order valence-corrected chi connectivity index (χ2v) is 6.95. The number of rotatable bonds is 7. The van der Waals surface area contributed by atoms with Crippen LogP contribution in [0.25, 0.3) is 0 Å². The van der Waals surface area contributed by atoms with Gasteiger partial charge in [0.1, 0.15) is 12.0 Å². The fraction of sp³-hybridized carbons (Fsp3) is 0.381. The number of carbonyl (C=O) groups is 3. The van der Waals surface area contributed by atoms with Crippen LogP contribution in [0.15, 0.2) is 46.0 Å². The van der Waals surface area contributed by atoms with Gasteiger partial charge in [-0.1, -0.05) is 30.3 Å². The number of carbonyl (C=O) groups excluding carboxylic acids is 3. The summed E-state index contributed by atoms with van der Waals surface area (Å²) < 4.78 is 9.53. The van der Waals surface area contributed by atoms with E-state index in [-0.39, 0.29) is 5.57 Å². The summed E-state index contributed by atoms with van der Waals surface area (Å²) in [6, 6.07) is 8.83. The number of hydrogen-bond donors (Lipinski definition) is 0. The molecule has 1 rings (SSSR count). The first kappa shape index (κ1) is 24.3. The molecule has 0 saturated carbocycles. The number of hydrazone groups is 1. The van der Waals surface area contributed by atoms with Gasteiger partial charge in [-0.3, -0.25) is 4.79 Å². The van der Waals surface area contributed by atoms with E-state index in [1.807, 2.05) is 0 Å². The number of ether oxygens (including phenoxy) is 2. The molecule has 0 fully saturated rings. The van der Waals surface area contributed by atoms with Crippen LogP contribution in [0.3, 0.4) is 0 Å². The monoisotopic (exact) mass is 412 g/mol. The highest BCUT2D eigenvalue weighted by Crippen LogP contribution is 2.16. The molecule has 30 heavy (non-hydrogen) atoms. The average Bonchev–Trinajstić information content (AvgIpc) is 2.71. The first-order chi connectivity index (χ1) is 14.1. The minimum absolute atomic E-state index is 0.379. The second kappa shape index (κ2) is 11.3. The number of methoxy groups -OCH3 is 2. The third kappa shape index (κ3) is 7.34. The summed E-state index contributed by atoms with van der Waals surface area (Å²) >= 11 is 0. The van der Waals surface area contributed by atoms with E-state index in [1.165, 1.54) is 6.21 Å². The molecular weight excluding hydrogens is 388 g/mol. The Morgan fingerprint density at radius 1 is 1.17 bits per heavy atom. The number of hydrogen-bond acceptors (Lipinski definition) is 8. The Morgan fingerprint density at radius 3 is 2.30 bits per heavy atom. The molecule has 158 valence electrons. The second-order valence-electron chi connectivity index (χ2n) is 6.95.